The lowest BCUT2D eigenvalue weighted by Gasteiger charge is -2.48. The third-order valence-corrected chi connectivity index (χ3v) is 13.7. The van der Waals surface area contributed by atoms with Crippen LogP contribution in [0.15, 0.2) is 36.5 Å². The number of aliphatic hydroxyl groups excluding tert-OH is 11. The molecular weight excluding hydrogens is 939 g/mol. The van der Waals surface area contributed by atoms with Crippen LogP contribution in [0.4, 0.5) is 0 Å². The van der Waals surface area contributed by atoms with Gasteiger partial charge < -0.3 is 89.9 Å². The van der Waals surface area contributed by atoms with E-state index in [0.29, 0.717) is 6.42 Å². The number of hydrogen-bond donors (Lipinski definition) is 12. The first kappa shape index (κ1) is 64.3. The maximum Gasteiger partial charge on any atom is 0.220 e. The topological polar surface area (TPSA) is 307 Å². The summed E-state index contributed by atoms with van der Waals surface area (Å²) in [7, 11) is 0. The predicted molar refractivity (Wildman–Crippen MR) is 268 cm³/mol. The van der Waals surface area contributed by atoms with Crippen molar-refractivity contribution in [2.45, 2.75) is 266 Å². The van der Waals surface area contributed by atoms with Crippen molar-refractivity contribution in [1.82, 2.24) is 5.32 Å². The molecule has 19 heteroatoms. The normalized spacial score (nSPS) is 32.3. The zero-order chi connectivity index (χ0) is 52.7. The lowest BCUT2D eigenvalue weighted by atomic mass is 9.96. The number of hydrogen-bond acceptors (Lipinski definition) is 18. The van der Waals surface area contributed by atoms with Crippen molar-refractivity contribution in [3.05, 3.63) is 36.5 Å². The molecule has 3 fully saturated rings. The zero-order valence-electron chi connectivity index (χ0n) is 43.1. The van der Waals surface area contributed by atoms with Crippen molar-refractivity contribution in [3.8, 4) is 0 Å². The van der Waals surface area contributed by atoms with Gasteiger partial charge in [-0.2, -0.15) is 0 Å². The third kappa shape index (κ3) is 22.7. The fourth-order valence-electron chi connectivity index (χ4n) is 9.10. The van der Waals surface area contributed by atoms with E-state index in [1.54, 1.807) is 6.08 Å². The molecule has 12 N–H and O–H groups in total. The van der Waals surface area contributed by atoms with Gasteiger partial charge >= 0.3 is 0 Å². The van der Waals surface area contributed by atoms with E-state index in [4.69, 9.17) is 28.4 Å². The van der Waals surface area contributed by atoms with E-state index < -0.39 is 124 Å². The second-order valence-corrected chi connectivity index (χ2v) is 19.7. The lowest BCUT2D eigenvalue weighted by molar-refractivity contribution is -0.379. The fraction of sp³-hybridized carbons (Fsp3) is 0.868. The first-order chi connectivity index (χ1) is 34.8. The molecule has 3 aliphatic heterocycles. The van der Waals surface area contributed by atoms with Crippen molar-refractivity contribution < 1.29 is 89.4 Å². The Morgan fingerprint density at radius 2 is 0.917 bits per heavy atom. The van der Waals surface area contributed by atoms with Gasteiger partial charge in [-0.15, -0.1) is 0 Å². The van der Waals surface area contributed by atoms with Gasteiger partial charge in [0.15, 0.2) is 18.9 Å². The van der Waals surface area contributed by atoms with Crippen LogP contribution >= 0.6 is 0 Å². The summed E-state index contributed by atoms with van der Waals surface area (Å²) in [6.45, 7) is 1.61. The van der Waals surface area contributed by atoms with Gasteiger partial charge in [0.2, 0.25) is 5.91 Å². The van der Waals surface area contributed by atoms with Crippen LogP contribution in [-0.4, -0.2) is 193 Å². The highest BCUT2D eigenvalue weighted by atomic mass is 16.8. The van der Waals surface area contributed by atoms with E-state index in [-0.39, 0.29) is 18.9 Å². The minimum atomic E-state index is -1.98. The minimum absolute atomic E-state index is 0.237. The highest BCUT2D eigenvalue weighted by molar-refractivity contribution is 5.76. The van der Waals surface area contributed by atoms with Gasteiger partial charge in [0.25, 0.3) is 0 Å². The van der Waals surface area contributed by atoms with Gasteiger partial charge in [-0.25, -0.2) is 0 Å². The fourth-order valence-corrected chi connectivity index (χ4v) is 9.10. The number of amides is 1. The summed E-state index contributed by atoms with van der Waals surface area (Å²) in [5.41, 5.74) is 0. The summed E-state index contributed by atoms with van der Waals surface area (Å²) in [5, 5.41) is 119. The van der Waals surface area contributed by atoms with Crippen molar-refractivity contribution in [1.29, 1.82) is 0 Å². The SMILES string of the molecule is CCCCC/C=C\C/C=C\CCCCCCCCCCCC(=O)NC(COC1OC(CO)C(OC2OC(CO)C(OC3OC(CO)C(O)C(O)C3O)C(O)C2O)C(O)C1O)C(O)/C=C/CCCCCCCC. The molecule has 0 aromatic rings. The zero-order valence-corrected chi connectivity index (χ0v) is 43.1. The molecule has 0 radical (unpaired) electrons. The second-order valence-electron chi connectivity index (χ2n) is 19.7. The predicted octanol–water partition coefficient (Wildman–Crippen LogP) is 2.98. The van der Waals surface area contributed by atoms with Crippen LogP contribution < -0.4 is 5.32 Å². The van der Waals surface area contributed by atoms with Gasteiger partial charge in [-0.05, 0) is 51.4 Å². The molecule has 3 rings (SSSR count). The van der Waals surface area contributed by atoms with Crippen LogP contribution in [0.3, 0.4) is 0 Å². The summed E-state index contributed by atoms with van der Waals surface area (Å²) >= 11 is 0. The number of rotatable bonds is 38. The maximum absolute atomic E-state index is 13.2. The number of carbonyl (C=O) groups is 1. The number of aliphatic hydroxyl groups is 11. The minimum Gasteiger partial charge on any atom is -0.394 e. The molecule has 0 aromatic carbocycles. The maximum atomic E-state index is 13.2. The number of nitrogens with one attached hydrogen (secondary N) is 1. The molecule has 19 nitrogen and oxygen atoms in total. The number of allylic oxidation sites excluding steroid dienone is 5. The molecule has 3 heterocycles. The molecule has 0 aromatic heterocycles. The number of unbranched alkanes of at least 4 members (excludes halogenated alkanes) is 18. The summed E-state index contributed by atoms with van der Waals surface area (Å²) in [4.78, 5) is 13.2. The van der Waals surface area contributed by atoms with Gasteiger partial charge in [0.1, 0.15) is 73.2 Å². The molecule has 0 aliphatic carbocycles. The van der Waals surface area contributed by atoms with Crippen molar-refractivity contribution in [2.24, 2.45) is 0 Å². The second kappa shape index (κ2) is 37.7. The Kier molecular flexibility index (Phi) is 33.7. The average molecular weight is 1030 g/mol. The first-order valence-electron chi connectivity index (χ1n) is 27.2. The molecule has 0 spiro atoms. The van der Waals surface area contributed by atoms with Crippen LogP contribution in [-0.2, 0) is 33.2 Å². The van der Waals surface area contributed by atoms with Crippen LogP contribution in [0.5, 0.6) is 0 Å². The van der Waals surface area contributed by atoms with E-state index in [1.165, 1.54) is 64.2 Å². The summed E-state index contributed by atoms with van der Waals surface area (Å²) in [5.74, 6) is -0.286. The average Bonchev–Trinajstić information content (AvgIpc) is 3.37. The van der Waals surface area contributed by atoms with Crippen LogP contribution in [0.1, 0.15) is 162 Å². The van der Waals surface area contributed by atoms with E-state index in [2.05, 4.69) is 43.5 Å². The lowest BCUT2D eigenvalue weighted by Crippen LogP contribution is -2.66. The standard InChI is InChI=1S/C53H95NO18/c1-3-5-7-9-11-13-14-15-16-17-18-19-20-21-22-23-25-27-29-31-41(59)54-36(37(58)30-28-26-24-12-10-8-6-4-2)35-67-51-47(65)44(62)49(39(33-56)69-51)72-53-48(66)45(63)50(40(34-57)70-53)71-52-46(64)43(61)42(60)38(32-55)68-52/h11,13,15-16,28,30,36-40,42-53,55-58,60-66H,3-10,12,14,17-27,29,31-35H2,1-2H3,(H,54,59)/b13-11-,16-15-,30-28+. The van der Waals surface area contributed by atoms with E-state index in [1.807, 2.05) is 6.08 Å². The third-order valence-electron chi connectivity index (χ3n) is 13.7. The molecule has 420 valence electrons. The van der Waals surface area contributed by atoms with Crippen LogP contribution in [0.25, 0.3) is 0 Å². The summed E-state index contributed by atoms with van der Waals surface area (Å²) in [6, 6.07) is -0.971. The van der Waals surface area contributed by atoms with Crippen molar-refractivity contribution >= 4 is 5.91 Å². The highest BCUT2D eigenvalue weighted by Gasteiger charge is 2.53. The smallest absolute Gasteiger partial charge is 0.220 e. The van der Waals surface area contributed by atoms with Crippen molar-refractivity contribution in [3.63, 3.8) is 0 Å². The molecule has 1 amide bonds. The Balaban J connectivity index is 1.49. The largest absolute Gasteiger partial charge is 0.394 e. The monoisotopic (exact) mass is 1030 g/mol. The summed E-state index contributed by atoms with van der Waals surface area (Å²) in [6.07, 6.45) is 10.2. The molecule has 17 atom stereocenters. The Hall–Kier alpha value is -1.99. The first-order valence-corrected chi connectivity index (χ1v) is 27.2. The molecule has 3 aliphatic rings. The van der Waals surface area contributed by atoms with Gasteiger partial charge in [0.05, 0.1) is 38.6 Å². The van der Waals surface area contributed by atoms with E-state index in [9.17, 15) is 61.0 Å². The van der Waals surface area contributed by atoms with E-state index >= 15 is 0 Å². The van der Waals surface area contributed by atoms with Gasteiger partial charge in [-0.1, -0.05) is 140 Å². The Bertz CT molecular complexity index is 1470. The molecular formula is C53H95NO18. The number of carbonyl (C=O) groups excluding carboxylic acids is 1. The van der Waals surface area contributed by atoms with Crippen LogP contribution in [0, 0.1) is 0 Å². The quantitative estimate of drug-likeness (QED) is 0.0313. The Labute approximate surface area is 428 Å². The van der Waals surface area contributed by atoms with Crippen LogP contribution in [0.2, 0.25) is 0 Å². The van der Waals surface area contributed by atoms with Gasteiger partial charge in [0, 0.05) is 6.42 Å². The van der Waals surface area contributed by atoms with Crippen molar-refractivity contribution in [2.75, 3.05) is 26.4 Å². The molecule has 17 unspecified atom stereocenters. The highest BCUT2D eigenvalue weighted by Crippen LogP contribution is 2.33. The van der Waals surface area contributed by atoms with Gasteiger partial charge in [-0.3, -0.25) is 4.79 Å². The molecule has 0 bridgehead atoms. The Morgan fingerprint density at radius 3 is 1.44 bits per heavy atom. The summed E-state index contributed by atoms with van der Waals surface area (Å²) < 4.78 is 34.1. The molecule has 3 saturated heterocycles. The Morgan fingerprint density at radius 1 is 0.500 bits per heavy atom. The van der Waals surface area contributed by atoms with E-state index in [0.717, 1.165) is 70.6 Å². The molecule has 72 heavy (non-hydrogen) atoms. The number of ether oxygens (including phenoxy) is 6. The molecule has 0 saturated carbocycles.